The summed E-state index contributed by atoms with van der Waals surface area (Å²) in [4.78, 5) is 35.4. The number of aromatic nitrogens is 1. The Kier molecular flexibility index (Phi) is 11.7. The molecule has 2 aliphatic heterocycles. The molecule has 1 N–H and O–H groups in total. The minimum absolute atomic E-state index is 0. The fraction of sp³-hybridized carbons (Fsp3) is 0.286. The molecule has 0 saturated carbocycles. The number of carbonyl (C=O) groups is 2. The van der Waals surface area contributed by atoms with Crippen LogP contribution in [0.4, 0.5) is 11.4 Å². The van der Waals surface area contributed by atoms with Gasteiger partial charge in [-0.05, 0) is 105 Å². The summed E-state index contributed by atoms with van der Waals surface area (Å²) >= 11 is 6.64. The molecule has 2 amide bonds. The Morgan fingerprint density at radius 2 is 1.54 bits per heavy atom. The predicted molar refractivity (Wildman–Crippen MR) is 209 cm³/mol. The molecule has 0 radical (unpaired) electrons. The first-order valence-corrected chi connectivity index (χ1v) is 18.0. The van der Waals surface area contributed by atoms with Crippen LogP contribution in [-0.2, 0) is 24.8 Å². The highest BCUT2D eigenvalue weighted by molar-refractivity contribution is 6.31. The van der Waals surface area contributed by atoms with Crippen LogP contribution in [0.1, 0.15) is 50.4 Å². The smallest absolute Gasteiger partial charge is 0.264 e. The second-order valence-electron chi connectivity index (χ2n) is 13.4. The van der Waals surface area contributed by atoms with E-state index in [0.717, 1.165) is 63.5 Å². The van der Waals surface area contributed by atoms with E-state index in [1.807, 2.05) is 78.0 Å². The number of benzene rings is 4. The van der Waals surface area contributed by atoms with Crippen LogP contribution in [0.5, 0.6) is 5.75 Å². The first kappa shape index (κ1) is 37.2. The molecule has 1 aromatic heterocycles. The van der Waals surface area contributed by atoms with Crippen molar-refractivity contribution in [2.45, 2.75) is 38.8 Å². The van der Waals surface area contributed by atoms with Crippen molar-refractivity contribution in [3.05, 3.63) is 136 Å². The van der Waals surface area contributed by atoms with Gasteiger partial charge in [0.25, 0.3) is 11.8 Å². The first-order chi connectivity index (χ1) is 24.8. The Bertz CT molecular complexity index is 2030. The quantitative estimate of drug-likeness (QED) is 0.164. The lowest BCUT2D eigenvalue weighted by Crippen LogP contribution is -2.45. The molecule has 0 unspecified atom stereocenters. The largest absolute Gasteiger partial charge is 0.508 e. The SMILES string of the molecule is Cc1c(C(=O)N(c2ccccc2)c2ccc(O)cc2)cc(-c2cc(Cl)ccc2C(=O)N2Cc3ccccc3C[C@H]2CCCN2CCOCC2)n1C.Cl. The van der Waals surface area contributed by atoms with Gasteiger partial charge in [0.05, 0.1) is 18.8 Å². The monoisotopic (exact) mass is 738 g/mol. The molecule has 1 fully saturated rings. The van der Waals surface area contributed by atoms with Gasteiger partial charge < -0.3 is 19.3 Å². The average molecular weight is 740 g/mol. The highest BCUT2D eigenvalue weighted by atomic mass is 35.5. The zero-order valence-corrected chi connectivity index (χ0v) is 31.1. The number of para-hydroxylation sites is 1. The maximum absolute atomic E-state index is 14.8. The number of nitrogens with zero attached hydrogens (tertiary/aromatic N) is 4. The van der Waals surface area contributed by atoms with E-state index in [1.54, 1.807) is 35.2 Å². The Morgan fingerprint density at radius 1 is 0.865 bits per heavy atom. The molecule has 0 aliphatic carbocycles. The molecule has 10 heteroatoms. The second-order valence-corrected chi connectivity index (χ2v) is 13.9. The lowest BCUT2D eigenvalue weighted by molar-refractivity contribution is 0.0353. The summed E-state index contributed by atoms with van der Waals surface area (Å²) < 4.78 is 7.50. The number of hydrogen-bond acceptors (Lipinski definition) is 5. The predicted octanol–water partition coefficient (Wildman–Crippen LogP) is 8.44. The molecule has 5 aromatic rings. The molecule has 270 valence electrons. The van der Waals surface area contributed by atoms with E-state index in [1.165, 1.54) is 11.1 Å². The summed E-state index contributed by atoms with van der Waals surface area (Å²) in [6.07, 6.45) is 2.70. The molecule has 0 bridgehead atoms. The first-order valence-electron chi connectivity index (χ1n) is 17.6. The van der Waals surface area contributed by atoms with Gasteiger partial charge in [-0.15, -0.1) is 12.4 Å². The van der Waals surface area contributed by atoms with Crippen molar-refractivity contribution in [1.29, 1.82) is 0 Å². The lowest BCUT2D eigenvalue weighted by Gasteiger charge is -2.38. The minimum atomic E-state index is -0.228. The summed E-state index contributed by atoms with van der Waals surface area (Å²) in [6.45, 7) is 6.87. The van der Waals surface area contributed by atoms with Crippen LogP contribution in [0.25, 0.3) is 11.3 Å². The number of morpholine rings is 1. The van der Waals surface area contributed by atoms with E-state index in [2.05, 4.69) is 23.1 Å². The zero-order valence-electron chi connectivity index (χ0n) is 29.5. The maximum atomic E-state index is 14.8. The Balaban J connectivity index is 0.00000464. The van der Waals surface area contributed by atoms with E-state index in [9.17, 15) is 14.7 Å². The molecule has 52 heavy (non-hydrogen) atoms. The number of ether oxygens (including phenoxy) is 1. The van der Waals surface area contributed by atoms with Gasteiger partial charge in [-0.25, -0.2) is 0 Å². The molecule has 1 atom stereocenters. The van der Waals surface area contributed by atoms with E-state index in [-0.39, 0.29) is 36.0 Å². The third kappa shape index (κ3) is 7.76. The van der Waals surface area contributed by atoms with Crippen molar-refractivity contribution in [2.75, 3.05) is 37.7 Å². The fourth-order valence-corrected chi connectivity index (χ4v) is 7.56. The number of rotatable bonds is 9. The van der Waals surface area contributed by atoms with Crippen LogP contribution in [0.3, 0.4) is 0 Å². The third-order valence-electron chi connectivity index (χ3n) is 10.3. The Labute approximate surface area is 316 Å². The van der Waals surface area contributed by atoms with Gasteiger partial charge in [0.1, 0.15) is 5.75 Å². The van der Waals surface area contributed by atoms with Crippen LogP contribution in [0.2, 0.25) is 5.02 Å². The van der Waals surface area contributed by atoms with Crippen molar-refractivity contribution in [2.24, 2.45) is 7.05 Å². The van der Waals surface area contributed by atoms with Crippen molar-refractivity contribution in [3.63, 3.8) is 0 Å². The van der Waals surface area contributed by atoms with Gasteiger partial charge in [0, 0.05) is 71.6 Å². The van der Waals surface area contributed by atoms with Crippen molar-refractivity contribution in [3.8, 4) is 17.0 Å². The number of aromatic hydroxyl groups is 1. The second kappa shape index (κ2) is 16.4. The van der Waals surface area contributed by atoms with Gasteiger partial charge in [0.15, 0.2) is 0 Å². The fourth-order valence-electron chi connectivity index (χ4n) is 7.39. The van der Waals surface area contributed by atoms with Crippen LogP contribution >= 0.6 is 24.0 Å². The molecule has 0 spiro atoms. The maximum Gasteiger partial charge on any atom is 0.264 e. The number of amides is 2. The highest BCUT2D eigenvalue weighted by Crippen LogP contribution is 2.36. The summed E-state index contributed by atoms with van der Waals surface area (Å²) in [5.41, 5.74) is 6.99. The highest BCUT2D eigenvalue weighted by Gasteiger charge is 2.33. The molecule has 1 saturated heterocycles. The van der Waals surface area contributed by atoms with Gasteiger partial charge >= 0.3 is 0 Å². The topological polar surface area (TPSA) is 78.2 Å². The van der Waals surface area contributed by atoms with E-state index < -0.39 is 0 Å². The molecule has 8 nitrogen and oxygen atoms in total. The molecular weight excluding hydrogens is 695 g/mol. The summed E-state index contributed by atoms with van der Waals surface area (Å²) in [5, 5.41) is 10.5. The Morgan fingerprint density at radius 3 is 2.27 bits per heavy atom. The number of halogens is 2. The Hall–Kier alpha value is -4.60. The summed E-state index contributed by atoms with van der Waals surface area (Å²) in [7, 11) is 1.91. The molecule has 4 aromatic carbocycles. The van der Waals surface area contributed by atoms with Gasteiger partial charge in [-0.1, -0.05) is 54.1 Å². The van der Waals surface area contributed by atoms with Gasteiger partial charge in [-0.2, -0.15) is 0 Å². The van der Waals surface area contributed by atoms with Crippen molar-refractivity contribution in [1.82, 2.24) is 14.4 Å². The number of phenols is 1. The van der Waals surface area contributed by atoms with E-state index in [4.69, 9.17) is 16.3 Å². The molecule has 7 rings (SSSR count). The number of anilines is 2. The van der Waals surface area contributed by atoms with Crippen LogP contribution in [-0.4, -0.2) is 70.2 Å². The number of phenolic OH excluding ortho intramolecular Hbond substituents is 1. The molecular formula is C42H44Cl2N4O4. The van der Waals surface area contributed by atoms with Crippen LogP contribution < -0.4 is 4.90 Å². The molecule has 3 heterocycles. The summed E-state index contributed by atoms with van der Waals surface area (Å²) in [6, 6.07) is 31.8. The lowest BCUT2D eigenvalue weighted by atomic mass is 9.90. The summed E-state index contributed by atoms with van der Waals surface area (Å²) in [5.74, 6) is -0.157. The third-order valence-corrected chi connectivity index (χ3v) is 10.5. The van der Waals surface area contributed by atoms with Gasteiger partial charge in [0.2, 0.25) is 0 Å². The zero-order chi connectivity index (χ0) is 35.5. The number of hydrogen-bond donors (Lipinski definition) is 1. The van der Waals surface area contributed by atoms with Crippen LogP contribution in [0.15, 0.2) is 103 Å². The normalized spacial score (nSPS) is 15.8. The number of carbonyl (C=O) groups excluding carboxylic acids is 2. The molecule has 2 aliphatic rings. The van der Waals surface area contributed by atoms with Crippen molar-refractivity contribution >= 4 is 47.2 Å². The van der Waals surface area contributed by atoms with Crippen molar-refractivity contribution < 1.29 is 19.4 Å². The van der Waals surface area contributed by atoms with Crippen LogP contribution in [0, 0.1) is 6.92 Å². The van der Waals surface area contributed by atoms with E-state index in [0.29, 0.717) is 39.6 Å². The van der Waals surface area contributed by atoms with Gasteiger partial charge in [-0.3, -0.25) is 19.4 Å². The minimum Gasteiger partial charge on any atom is -0.508 e. The van der Waals surface area contributed by atoms with E-state index >= 15 is 0 Å². The standard InChI is InChI=1S/C42H43ClN4O4.ClH/c1-29-38(42(50)47(33-11-4-3-5-12-33)34-15-17-36(48)18-16-34)27-40(44(29)2)39-26-32(43)14-19-37(39)41(49)46-28-31-10-7-6-9-30(31)25-35(46)13-8-20-45-21-23-51-24-22-45;/h3-7,9-12,14-19,26-27,35,48H,8,13,20-25,28H2,1-2H3;1H/t35-;/m1./s1. The average Bonchev–Trinajstić information content (AvgIpc) is 3.45. The number of fused-ring (bicyclic) bond motifs is 1.